The third-order valence-corrected chi connectivity index (χ3v) is 4.10. The summed E-state index contributed by atoms with van der Waals surface area (Å²) in [6.07, 6.45) is 6.75. The molecular formula is C11H20O3Si. The molecule has 1 rings (SSSR count). The SMILES string of the molecule is C=CC(=O)OCCCC1([SiH3])CCCCO1. The van der Waals surface area contributed by atoms with Gasteiger partial charge in [0.15, 0.2) is 0 Å². The Morgan fingerprint density at radius 1 is 1.60 bits per heavy atom. The van der Waals surface area contributed by atoms with Crippen LogP contribution in [0, 0.1) is 0 Å². The summed E-state index contributed by atoms with van der Waals surface area (Å²) in [5, 5.41) is 0.138. The molecule has 0 aromatic heterocycles. The fourth-order valence-electron chi connectivity index (χ4n) is 1.87. The van der Waals surface area contributed by atoms with Crippen LogP contribution in [0.15, 0.2) is 12.7 Å². The lowest BCUT2D eigenvalue weighted by Crippen LogP contribution is -2.37. The van der Waals surface area contributed by atoms with Crippen molar-refractivity contribution in [3.05, 3.63) is 12.7 Å². The highest BCUT2D eigenvalue weighted by Crippen LogP contribution is 2.26. The van der Waals surface area contributed by atoms with Crippen molar-refractivity contribution < 1.29 is 14.3 Å². The minimum Gasteiger partial charge on any atom is -0.463 e. The van der Waals surface area contributed by atoms with Crippen molar-refractivity contribution in [2.24, 2.45) is 0 Å². The van der Waals surface area contributed by atoms with Gasteiger partial charge >= 0.3 is 5.97 Å². The average molecular weight is 228 g/mol. The molecule has 0 bridgehead atoms. The van der Waals surface area contributed by atoms with Gasteiger partial charge in [-0.1, -0.05) is 6.58 Å². The van der Waals surface area contributed by atoms with Crippen LogP contribution in [-0.2, 0) is 14.3 Å². The van der Waals surface area contributed by atoms with E-state index in [9.17, 15) is 4.79 Å². The molecular weight excluding hydrogens is 208 g/mol. The molecule has 1 aliphatic heterocycles. The van der Waals surface area contributed by atoms with Crippen molar-refractivity contribution in [3.63, 3.8) is 0 Å². The Morgan fingerprint density at radius 3 is 3.00 bits per heavy atom. The van der Waals surface area contributed by atoms with Gasteiger partial charge < -0.3 is 9.47 Å². The van der Waals surface area contributed by atoms with Crippen molar-refractivity contribution in [2.75, 3.05) is 13.2 Å². The first kappa shape index (κ1) is 12.5. The molecule has 1 atom stereocenters. The quantitative estimate of drug-likeness (QED) is 0.302. The van der Waals surface area contributed by atoms with Crippen LogP contribution in [-0.4, -0.2) is 34.6 Å². The second-order valence-corrected chi connectivity index (χ2v) is 6.05. The molecule has 0 aromatic rings. The van der Waals surface area contributed by atoms with E-state index in [2.05, 4.69) is 6.58 Å². The molecule has 1 unspecified atom stereocenters. The van der Waals surface area contributed by atoms with Crippen LogP contribution in [0.5, 0.6) is 0 Å². The number of carbonyl (C=O) groups is 1. The van der Waals surface area contributed by atoms with Crippen molar-refractivity contribution in [1.29, 1.82) is 0 Å². The van der Waals surface area contributed by atoms with E-state index < -0.39 is 0 Å². The summed E-state index contributed by atoms with van der Waals surface area (Å²) in [7, 11) is 1.06. The van der Waals surface area contributed by atoms with Gasteiger partial charge in [0.25, 0.3) is 0 Å². The third kappa shape index (κ3) is 4.62. The van der Waals surface area contributed by atoms with Crippen LogP contribution in [0.3, 0.4) is 0 Å². The second-order valence-electron chi connectivity index (χ2n) is 4.23. The van der Waals surface area contributed by atoms with E-state index in [1.54, 1.807) is 0 Å². The molecule has 4 heteroatoms. The lowest BCUT2D eigenvalue weighted by molar-refractivity contribution is -0.138. The maximum absolute atomic E-state index is 10.8. The monoisotopic (exact) mass is 228 g/mol. The van der Waals surface area contributed by atoms with Crippen LogP contribution in [0.2, 0.25) is 0 Å². The summed E-state index contributed by atoms with van der Waals surface area (Å²) in [6.45, 7) is 4.73. The largest absolute Gasteiger partial charge is 0.463 e. The Bertz CT molecular complexity index is 222. The van der Waals surface area contributed by atoms with E-state index in [1.165, 1.54) is 25.3 Å². The summed E-state index contributed by atoms with van der Waals surface area (Å²) in [6, 6.07) is 0. The van der Waals surface area contributed by atoms with Gasteiger partial charge in [-0.15, -0.1) is 0 Å². The van der Waals surface area contributed by atoms with Gasteiger partial charge in [-0.3, -0.25) is 0 Å². The van der Waals surface area contributed by atoms with E-state index >= 15 is 0 Å². The van der Waals surface area contributed by atoms with Gasteiger partial charge in [0.2, 0.25) is 0 Å². The van der Waals surface area contributed by atoms with E-state index in [4.69, 9.17) is 9.47 Å². The molecule has 0 amide bonds. The molecule has 0 N–H and O–H groups in total. The first-order valence-corrected chi connectivity index (χ1v) is 6.59. The minimum absolute atomic E-state index is 0.138. The Labute approximate surface area is 94.3 Å². The van der Waals surface area contributed by atoms with Crippen LogP contribution >= 0.6 is 0 Å². The van der Waals surface area contributed by atoms with Crippen LogP contribution in [0.1, 0.15) is 32.1 Å². The molecule has 0 radical (unpaired) electrons. The maximum Gasteiger partial charge on any atom is 0.330 e. The maximum atomic E-state index is 10.8. The summed E-state index contributed by atoms with van der Waals surface area (Å²) >= 11 is 0. The number of carbonyl (C=O) groups excluding carboxylic acids is 1. The van der Waals surface area contributed by atoms with Gasteiger partial charge in [-0.05, 0) is 32.1 Å². The zero-order chi connectivity index (χ0) is 11.1. The Kier molecular flexibility index (Phi) is 5.05. The number of esters is 1. The molecule has 3 nitrogen and oxygen atoms in total. The predicted octanol–water partition coefficient (Wildman–Crippen LogP) is 0.758. The third-order valence-electron chi connectivity index (χ3n) is 2.81. The second kappa shape index (κ2) is 6.08. The molecule has 0 saturated carbocycles. The van der Waals surface area contributed by atoms with E-state index in [-0.39, 0.29) is 11.2 Å². The van der Waals surface area contributed by atoms with Gasteiger partial charge in [0.05, 0.1) is 6.61 Å². The number of ether oxygens (including phenoxy) is 2. The average Bonchev–Trinajstić information content (AvgIpc) is 2.25. The fraction of sp³-hybridized carbons (Fsp3) is 0.727. The van der Waals surface area contributed by atoms with Crippen molar-refractivity contribution in [3.8, 4) is 0 Å². The molecule has 86 valence electrons. The highest BCUT2D eigenvalue weighted by molar-refractivity contribution is 6.14. The molecule has 1 saturated heterocycles. The molecule has 0 aromatic carbocycles. The Hall–Kier alpha value is -0.613. The van der Waals surface area contributed by atoms with Gasteiger partial charge in [-0.2, -0.15) is 0 Å². The Balaban J connectivity index is 2.13. The summed E-state index contributed by atoms with van der Waals surface area (Å²) in [5.41, 5.74) is 0. The van der Waals surface area contributed by atoms with Gasteiger partial charge in [0, 0.05) is 28.1 Å². The minimum atomic E-state index is -0.332. The van der Waals surface area contributed by atoms with Crippen LogP contribution < -0.4 is 0 Å². The molecule has 15 heavy (non-hydrogen) atoms. The summed E-state index contributed by atoms with van der Waals surface area (Å²) < 4.78 is 10.7. The normalized spacial score (nSPS) is 26.1. The first-order chi connectivity index (χ1) is 7.16. The molecule has 0 aliphatic carbocycles. The zero-order valence-electron chi connectivity index (χ0n) is 9.46. The molecule has 0 spiro atoms. The first-order valence-electron chi connectivity index (χ1n) is 5.59. The van der Waals surface area contributed by atoms with E-state index in [1.807, 2.05) is 0 Å². The van der Waals surface area contributed by atoms with E-state index in [0.717, 1.165) is 29.7 Å². The van der Waals surface area contributed by atoms with Gasteiger partial charge in [0.1, 0.15) is 0 Å². The highest BCUT2D eigenvalue weighted by Gasteiger charge is 2.26. The Morgan fingerprint density at radius 2 is 2.40 bits per heavy atom. The van der Waals surface area contributed by atoms with E-state index in [0.29, 0.717) is 6.61 Å². The number of hydrogen-bond acceptors (Lipinski definition) is 3. The standard InChI is InChI=1S/C11H20O3Si/c1-2-10(12)13-8-5-7-11(15)6-3-4-9-14-11/h2H,1,3-9H2,15H3. The molecule has 1 heterocycles. The van der Waals surface area contributed by atoms with Crippen molar-refractivity contribution in [2.45, 2.75) is 37.3 Å². The van der Waals surface area contributed by atoms with Gasteiger partial charge in [-0.25, -0.2) is 4.79 Å². The molecule has 1 fully saturated rings. The highest BCUT2D eigenvalue weighted by atomic mass is 28.1. The molecule has 1 aliphatic rings. The van der Waals surface area contributed by atoms with Crippen LogP contribution in [0.4, 0.5) is 0 Å². The summed E-state index contributed by atoms with van der Waals surface area (Å²) in [5.74, 6) is -0.332. The fourth-order valence-corrected chi connectivity index (χ4v) is 2.78. The number of rotatable bonds is 5. The lowest BCUT2D eigenvalue weighted by Gasteiger charge is -2.34. The van der Waals surface area contributed by atoms with Crippen LogP contribution in [0.25, 0.3) is 0 Å². The number of hydrogen-bond donors (Lipinski definition) is 0. The predicted molar refractivity (Wildman–Crippen MR) is 62.9 cm³/mol. The van der Waals surface area contributed by atoms with Crippen molar-refractivity contribution in [1.82, 2.24) is 0 Å². The zero-order valence-corrected chi connectivity index (χ0v) is 11.5. The smallest absolute Gasteiger partial charge is 0.330 e. The lowest BCUT2D eigenvalue weighted by atomic mass is 10.0. The van der Waals surface area contributed by atoms with Crippen molar-refractivity contribution >= 4 is 16.2 Å². The topological polar surface area (TPSA) is 35.5 Å². The summed E-state index contributed by atoms with van der Waals surface area (Å²) in [4.78, 5) is 10.8.